The third-order valence-electron chi connectivity index (χ3n) is 3.47. The zero-order chi connectivity index (χ0) is 22.5. The van der Waals surface area contributed by atoms with Crippen molar-refractivity contribution in [3.05, 3.63) is 48.6 Å². The molecule has 0 aromatic heterocycles. The highest BCUT2D eigenvalue weighted by atomic mass is 31.2. The van der Waals surface area contributed by atoms with Crippen LogP contribution in [0.5, 0.6) is 0 Å². The molecule has 8 nitrogen and oxygen atoms in total. The molecule has 0 bridgehead atoms. The molecule has 9 heteroatoms. The first-order chi connectivity index (χ1) is 14.4. The van der Waals surface area contributed by atoms with Crippen LogP contribution in [0.4, 0.5) is 0 Å². The number of allylic oxidation sites excluding steroid dienone is 8. The minimum Gasteiger partial charge on any atom is -0.463 e. The molecule has 30 heavy (non-hydrogen) atoms. The minimum absolute atomic E-state index is 0.0629. The fourth-order valence-electron chi connectivity index (χ4n) is 1.99. The summed E-state index contributed by atoms with van der Waals surface area (Å²) in [5.41, 5.74) is 5.15. The molecule has 0 aromatic rings. The topological polar surface area (TPSA) is 128 Å². The number of ether oxygens (including phenoxy) is 1. The van der Waals surface area contributed by atoms with E-state index in [0.717, 1.165) is 25.7 Å². The van der Waals surface area contributed by atoms with Crippen molar-refractivity contribution in [2.75, 3.05) is 26.4 Å². The van der Waals surface area contributed by atoms with Crippen molar-refractivity contribution in [2.45, 2.75) is 51.6 Å². The molecule has 0 radical (unpaired) electrons. The maximum absolute atomic E-state index is 11.6. The highest BCUT2D eigenvalue weighted by Gasteiger charge is 2.22. The van der Waals surface area contributed by atoms with Crippen LogP contribution in [0.1, 0.15) is 45.4 Å². The first-order valence-electron chi connectivity index (χ1n) is 10.2. The van der Waals surface area contributed by atoms with Gasteiger partial charge in [-0.1, -0.05) is 55.5 Å². The Morgan fingerprint density at radius 2 is 1.53 bits per heavy atom. The summed E-state index contributed by atoms with van der Waals surface area (Å²) in [6.45, 7) is 1.21. The Hall–Kier alpha value is -1.54. The largest absolute Gasteiger partial charge is 0.472 e. The lowest BCUT2D eigenvalue weighted by atomic mass is 10.2. The zero-order valence-electron chi connectivity index (χ0n) is 17.7. The molecule has 0 saturated heterocycles. The second kappa shape index (κ2) is 19.4. The summed E-state index contributed by atoms with van der Waals surface area (Å²) in [6.07, 6.45) is 19.8. The van der Waals surface area contributed by atoms with Crippen LogP contribution < -0.4 is 5.73 Å². The Labute approximate surface area is 179 Å². The van der Waals surface area contributed by atoms with Crippen molar-refractivity contribution in [3.63, 3.8) is 0 Å². The van der Waals surface area contributed by atoms with Gasteiger partial charge in [-0.25, -0.2) is 4.57 Å². The second-order valence-electron chi connectivity index (χ2n) is 6.26. The molecular weight excluding hydrogens is 409 g/mol. The summed E-state index contributed by atoms with van der Waals surface area (Å²) >= 11 is 0. The number of phosphoric acid groups is 1. The van der Waals surface area contributed by atoms with E-state index in [1.165, 1.54) is 0 Å². The van der Waals surface area contributed by atoms with Crippen LogP contribution in [-0.2, 0) is 23.1 Å². The van der Waals surface area contributed by atoms with Gasteiger partial charge in [-0.3, -0.25) is 13.8 Å². The first-order valence-corrected chi connectivity index (χ1v) is 11.7. The monoisotopic (exact) mass is 445 g/mol. The van der Waals surface area contributed by atoms with Gasteiger partial charge in [0.15, 0.2) is 0 Å². The normalized spacial score (nSPS) is 15.5. The number of hydrogen-bond donors (Lipinski definition) is 3. The van der Waals surface area contributed by atoms with E-state index in [-0.39, 0.29) is 26.2 Å². The zero-order valence-corrected chi connectivity index (χ0v) is 18.6. The van der Waals surface area contributed by atoms with Crippen LogP contribution in [0.15, 0.2) is 48.6 Å². The number of aliphatic hydroxyl groups is 1. The van der Waals surface area contributed by atoms with Crippen LogP contribution in [-0.4, -0.2) is 48.4 Å². The molecule has 0 aromatic carbocycles. The molecule has 2 unspecified atom stereocenters. The lowest BCUT2D eigenvalue weighted by molar-refractivity contribution is -0.147. The Morgan fingerprint density at radius 1 is 0.967 bits per heavy atom. The van der Waals surface area contributed by atoms with Crippen LogP contribution in [0.25, 0.3) is 0 Å². The van der Waals surface area contributed by atoms with E-state index in [1.54, 1.807) is 0 Å². The predicted molar refractivity (Wildman–Crippen MR) is 118 cm³/mol. The molecule has 4 N–H and O–H groups in total. The Bertz CT molecular complexity index is 602. The van der Waals surface area contributed by atoms with E-state index in [0.29, 0.717) is 6.42 Å². The summed E-state index contributed by atoms with van der Waals surface area (Å²) in [6, 6.07) is 0. The van der Waals surface area contributed by atoms with Crippen molar-refractivity contribution in [1.82, 2.24) is 0 Å². The lowest BCUT2D eigenvalue weighted by Crippen LogP contribution is -2.23. The molecule has 0 saturated carbocycles. The maximum atomic E-state index is 11.6. The van der Waals surface area contributed by atoms with E-state index in [2.05, 4.69) is 52.4 Å². The number of hydrogen-bond acceptors (Lipinski definition) is 7. The summed E-state index contributed by atoms with van der Waals surface area (Å²) < 4.78 is 25.4. The smallest absolute Gasteiger partial charge is 0.463 e. The van der Waals surface area contributed by atoms with Gasteiger partial charge in [0.25, 0.3) is 0 Å². The quantitative estimate of drug-likeness (QED) is 0.166. The highest BCUT2D eigenvalue weighted by Crippen LogP contribution is 2.42. The van der Waals surface area contributed by atoms with Crippen LogP contribution in [0.3, 0.4) is 0 Å². The number of aliphatic hydroxyl groups excluding tert-OH is 1. The molecule has 172 valence electrons. The van der Waals surface area contributed by atoms with Gasteiger partial charge in [0, 0.05) is 13.0 Å². The standard InChI is InChI=1S/C21H36NO7P/c1-2-3-4-5-6-7-8-9-10-11-12-13-14-15-21(24)27-18-20(23)19-29-30(25,26)28-17-16-22/h3-4,6-7,9-10,12-13,20,23H,2,5,8,11,14-19,22H2,1H3,(H,25,26)/b4-3-,7-6-,10-9-,13-12-. The van der Waals surface area contributed by atoms with Gasteiger partial charge in [-0.15, -0.1) is 0 Å². The maximum Gasteiger partial charge on any atom is 0.472 e. The van der Waals surface area contributed by atoms with E-state index in [4.69, 9.17) is 10.5 Å². The summed E-state index contributed by atoms with van der Waals surface area (Å²) in [5.74, 6) is -0.469. The summed E-state index contributed by atoms with van der Waals surface area (Å²) in [5, 5.41) is 9.63. The van der Waals surface area contributed by atoms with Gasteiger partial charge in [0.05, 0.1) is 13.2 Å². The Kier molecular flexibility index (Phi) is 18.4. The van der Waals surface area contributed by atoms with E-state index < -0.39 is 26.5 Å². The number of carbonyl (C=O) groups excluding carboxylic acids is 1. The Morgan fingerprint density at radius 3 is 2.10 bits per heavy atom. The molecule has 0 heterocycles. The second-order valence-corrected chi connectivity index (χ2v) is 7.72. The van der Waals surface area contributed by atoms with Crippen LogP contribution in [0.2, 0.25) is 0 Å². The van der Waals surface area contributed by atoms with Crippen molar-refractivity contribution in [1.29, 1.82) is 0 Å². The van der Waals surface area contributed by atoms with Crippen molar-refractivity contribution in [3.8, 4) is 0 Å². The first kappa shape index (κ1) is 28.5. The molecular formula is C21H36NO7P. The predicted octanol–water partition coefficient (Wildman–Crippen LogP) is 3.57. The van der Waals surface area contributed by atoms with Gasteiger partial charge >= 0.3 is 13.8 Å². The van der Waals surface area contributed by atoms with Gasteiger partial charge < -0.3 is 20.5 Å². The molecule has 0 aliphatic rings. The fraction of sp³-hybridized carbons (Fsp3) is 0.571. The van der Waals surface area contributed by atoms with Gasteiger partial charge in [0.1, 0.15) is 12.7 Å². The van der Waals surface area contributed by atoms with E-state index in [9.17, 15) is 19.4 Å². The molecule has 0 rings (SSSR count). The van der Waals surface area contributed by atoms with Crippen molar-refractivity contribution >= 4 is 13.8 Å². The third-order valence-corrected chi connectivity index (χ3v) is 4.46. The molecule has 0 aliphatic carbocycles. The van der Waals surface area contributed by atoms with Crippen LogP contribution in [0, 0.1) is 0 Å². The summed E-state index contributed by atoms with van der Waals surface area (Å²) in [4.78, 5) is 20.9. The SMILES string of the molecule is CC/C=C\C/C=C\C/C=C\C/C=C\CCC(=O)OCC(O)COP(=O)(O)OCCN. The molecule has 0 aliphatic heterocycles. The molecule has 0 amide bonds. The van der Waals surface area contributed by atoms with Gasteiger partial charge in [-0.05, 0) is 32.1 Å². The Balaban J connectivity index is 3.75. The number of esters is 1. The van der Waals surface area contributed by atoms with E-state index >= 15 is 0 Å². The van der Waals surface area contributed by atoms with E-state index in [1.807, 2.05) is 12.2 Å². The summed E-state index contributed by atoms with van der Waals surface area (Å²) in [7, 11) is -4.26. The average molecular weight is 445 g/mol. The van der Waals surface area contributed by atoms with Gasteiger partial charge in [0.2, 0.25) is 0 Å². The number of carbonyl (C=O) groups is 1. The molecule has 0 spiro atoms. The van der Waals surface area contributed by atoms with Crippen molar-refractivity contribution < 1.29 is 33.1 Å². The average Bonchev–Trinajstić information content (AvgIpc) is 2.72. The highest BCUT2D eigenvalue weighted by molar-refractivity contribution is 7.47. The van der Waals surface area contributed by atoms with Crippen molar-refractivity contribution in [2.24, 2.45) is 5.73 Å². The van der Waals surface area contributed by atoms with Gasteiger partial charge in [-0.2, -0.15) is 0 Å². The number of rotatable bonds is 18. The lowest BCUT2D eigenvalue weighted by Gasteiger charge is -2.15. The third kappa shape index (κ3) is 19.8. The molecule has 2 atom stereocenters. The van der Waals surface area contributed by atoms with Crippen LogP contribution >= 0.6 is 7.82 Å². The molecule has 0 fully saturated rings. The minimum atomic E-state index is -4.26. The number of phosphoric ester groups is 1. The number of nitrogens with two attached hydrogens (primary N) is 1. The fourth-order valence-corrected chi connectivity index (χ4v) is 2.76.